The van der Waals surface area contributed by atoms with Crippen LogP contribution in [0.25, 0.3) is 0 Å². The monoisotopic (exact) mass is 245 g/mol. The van der Waals surface area contributed by atoms with Crippen molar-refractivity contribution in [3.05, 3.63) is 23.4 Å². The van der Waals surface area contributed by atoms with Crippen molar-refractivity contribution in [3.8, 4) is 0 Å². The van der Waals surface area contributed by atoms with Crippen LogP contribution in [0.5, 0.6) is 0 Å². The van der Waals surface area contributed by atoms with Crippen molar-refractivity contribution in [2.45, 2.75) is 32.1 Å². The van der Waals surface area contributed by atoms with E-state index < -0.39 is 0 Å². The molecular formula is C14H19N3O. The summed E-state index contributed by atoms with van der Waals surface area (Å²) in [6.07, 6.45) is 7.37. The molecule has 2 aliphatic heterocycles. The van der Waals surface area contributed by atoms with Gasteiger partial charge in [-0.15, -0.1) is 0 Å². The lowest BCUT2D eigenvalue weighted by atomic mass is 10.0. The van der Waals surface area contributed by atoms with Gasteiger partial charge in [-0.1, -0.05) is 0 Å². The van der Waals surface area contributed by atoms with Crippen molar-refractivity contribution in [2.75, 3.05) is 25.0 Å². The van der Waals surface area contributed by atoms with Gasteiger partial charge in [0.2, 0.25) is 0 Å². The highest BCUT2D eigenvalue weighted by Gasteiger charge is 2.20. The average molecular weight is 245 g/mol. The summed E-state index contributed by atoms with van der Waals surface area (Å²) >= 11 is 0. The Bertz CT molecular complexity index is 452. The first-order valence-electron chi connectivity index (χ1n) is 6.87. The van der Waals surface area contributed by atoms with Gasteiger partial charge < -0.3 is 10.2 Å². The van der Waals surface area contributed by atoms with E-state index >= 15 is 0 Å². The van der Waals surface area contributed by atoms with E-state index in [9.17, 15) is 4.79 Å². The zero-order valence-electron chi connectivity index (χ0n) is 10.6. The van der Waals surface area contributed by atoms with Crippen LogP contribution in [-0.4, -0.2) is 35.4 Å². The van der Waals surface area contributed by atoms with E-state index in [0.29, 0.717) is 0 Å². The number of hydrogen-bond donors (Lipinski definition) is 1. The van der Waals surface area contributed by atoms with E-state index in [2.05, 4.69) is 10.3 Å². The molecule has 4 nitrogen and oxygen atoms in total. The first-order chi connectivity index (χ1) is 8.84. The van der Waals surface area contributed by atoms with E-state index in [4.69, 9.17) is 0 Å². The molecule has 3 heterocycles. The topological polar surface area (TPSA) is 45.2 Å². The second-order valence-corrected chi connectivity index (χ2v) is 5.11. The molecule has 1 aromatic rings. The number of rotatable bonds is 1. The predicted molar refractivity (Wildman–Crippen MR) is 70.8 cm³/mol. The van der Waals surface area contributed by atoms with Gasteiger partial charge in [-0.05, 0) is 43.7 Å². The summed E-state index contributed by atoms with van der Waals surface area (Å²) in [6.45, 7) is 2.78. The number of hydrogen-bond acceptors (Lipinski definition) is 3. The summed E-state index contributed by atoms with van der Waals surface area (Å²) in [5, 5.41) is 3.27. The lowest BCUT2D eigenvalue weighted by Crippen LogP contribution is -2.35. The molecule has 1 fully saturated rings. The third-order valence-electron chi connectivity index (χ3n) is 3.77. The van der Waals surface area contributed by atoms with E-state index in [1.807, 2.05) is 11.0 Å². The van der Waals surface area contributed by atoms with Gasteiger partial charge in [0.1, 0.15) is 5.82 Å². The van der Waals surface area contributed by atoms with Gasteiger partial charge in [-0.3, -0.25) is 4.79 Å². The number of carbonyl (C=O) groups is 1. The number of fused-ring (bicyclic) bond motifs is 1. The molecule has 0 bridgehead atoms. The fraction of sp³-hybridized carbons (Fsp3) is 0.571. The highest BCUT2D eigenvalue weighted by atomic mass is 16.2. The van der Waals surface area contributed by atoms with E-state index in [0.717, 1.165) is 56.7 Å². The van der Waals surface area contributed by atoms with E-state index in [1.54, 1.807) is 6.20 Å². The normalized spacial score (nSPS) is 19.0. The number of aryl methyl sites for hydroxylation is 1. The molecule has 96 valence electrons. The molecule has 4 heteroatoms. The summed E-state index contributed by atoms with van der Waals surface area (Å²) in [6, 6.07) is 2.02. The minimum atomic E-state index is 0.149. The van der Waals surface area contributed by atoms with Gasteiger partial charge in [0.25, 0.3) is 5.91 Å². The molecule has 0 saturated carbocycles. The molecule has 0 radical (unpaired) electrons. The number of amides is 1. The Hall–Kier alpha value is -1.58. The van der Waals surface area contributed by atoms with Gasteiger partial charge in [0, 0.05) is 25.8 Å². The maximum Gasteiger partial charge on any atom is 0.255 e. The molecule has 18 heavy (non-hydrogen) atoms. The van der Waals surface area contributed by atoms with Crippen LogP contribution in [0.3, 0.4) is 0 Å². The average Bonchev–Trinajstić information content (AvgIpc) is 2.47. The SMILES string of the molecule is O=C(c1cnc2c(c1)CCCN2)N1CCCCC1. The van der Waals surface area contributed by atoms with Crippen LogP contribution in [-0.2, 0) is 6.42 Å². The molecule has 1 saturated heterocycles. The third-order valence-corrected chi connectivity index (χ3v) is 3.77. The minimum absolute atomic E-state index is 0.149. The lowest BCUT2D eigenvalue weighted by molar-refractivity contribution is 0.0724. The van der Waals surface area contributed by atoms with Crippen LogP contribution in [0.2, 0.25) is 0 Å². The number of likely N-dealkylation sites (tertiary alicyclic amines) is 1. The van der Waals surface area contributed by atoms with Crippen molar-refractivity contribution in [2.24, 2.45) is 0 Å². The summed E-state index contributed by atoms with van der Waals surface area (Å²) < 4.78 is 0. The zero-order chi connectivity index (χ0) is 12.4. The first-order valence-corrected chi connectivity index (χ1v) is 6.87. The molecule has 0 aliphatic carbocycles. The van der Waals surface area contributed by atoms with Crippen LogP contribution in [0.15, 0.2) is 12.3 Å². The fourth-order valence-electron chi connectivity index (χ4n) is 2.74. The number of pyridine rings is 1. The van der Waals surface area contributed by atoms with Crippen molar-refractivity contribution < 1.29 is 4.79 Å². The largest absolute Gasteiger partial charge is 0.370 e. The number of piperidine rings is 1. The van der Waals surface area contributed by atoms with E-state index in [-0.39, 0.29) is 5.91 Å². The quantitative estimate of drug-likeness (QED) is 0.823. The smallest absolute Gasteiger partial charge is 0.255 e. The highest BCUT2D eigenvalue weighted by Crippen LogP contribution is 2.21. The van der Waals surface area contributed by atoms with Crippen LogP contribution < -0.4 is 5.32 Å². The van der Waals surface area contributed by atoms with Crippen LogP contribution in [0.4, 0.5) is 5.82 Å². The maximum absolute atomic E-state index is 12.4. The Labute approximate surface area is 107 Å². The predicted octanol–water partition coefficient (Wildman–Crippen LogP) is 2.07. The zero-order valence-corrected chi connectivity index (χ0v) is 10.6. The third kappa shape index (κ3) is 2.19. The summed E-state index contributed by atoms with van der Waals surface area (Å²) in [5.74, 6) is 1.10. The Balaban J connectivity index is 1.80. The fourth-order valence-corrected chi connectivity index (χ4v) is 2.74. The molecule has 3 rings (SSSR count). The van der Waals surface area contributed by atoms with Crippen LogP contribution in [0.1, 0.15) is 41.6 Å². The number of nitrogens with zero attached hydrogens (tertiary/aromatic N) is 2. The molecule has 2 aliphatic rings. The first kappa shape index (κ1) is 11.5. The molecule has 1 amide bonds. The number of nitrogens with one attached hydrogen (secondary N) is 1. The molecule has 1 N–H and O–H groups in total. The summed E-state index contributed by atoms with van der Waals surface area (Å²) in [4.78, 5) is 18.7. The maximum atomic E-state index is 12.4. The molecule has 0 aromatic carbocycles. The van der Waals surface area contributed by atoms with Crippen molar-refractivity contribution >= 4 is 11.7 Å². The van der Waals surface area contributed by atoms with Crippen molar-refractivity contribution in [3.63, 3.8) is 0 Å². The molecule has 0 atom stereocenters. The van der Waals surface area contributed by atoms with E-state index in [1.165, 1.54) is 12.0 Å². The van der Waals surface area contributed by atoms with Gasteiger partial charge >= 0.3 is 0 Å². The molecular weight excluding hydrogens is 226 g/mol. The highest BCUT2D eigenvalue weighted by molar-refractivity contribution is 5.94. The minimum Gasteiger partial charge on any atom is -0.370 e. The standard InChI is InChI=1S/C14H19N3O/c18-14(17-7-2-1-3-8-17)12-9-11-5-4-6-15-13(11)16-10-12/h9-10H,1-8H2,(H,15,16). The Kier molecular flexibility index (Phi) is 3.17. The Morgan fingerprint density at radius 3 is 2.89 bits per heavy atom. The van der Waals surface area contributed by atoms with Crippen LogP contribution in [0, 0.1) is 0 Å². The number of anilines is 1. The van der Waals surface area contributed by atoms with Gasteiger partial charge in [0.15, 0.2) is 0 Å². The Morgan fingerprint density at radius 2 is 2.06 bits per heavy atom. The molecule has 1 aromatic heterocycles. The number of carbonyl (C=O) groups excluding carboxylic acids is 1. The van der Waals surface area contributed by atoms with Gasteiger partial charge in [0.05, 0.1) is 5.56 Å². The van der Waals surface area contributed by atoms with Crippen molar-refractivity contribution in [1.29, 1.82) is 0 Å². The second-order valence-electron chi connectivity index (χ2n) is 5.11. The van der Waals surface area contributed by atoms with Gasteiger partial charge in [-0.25, -0.2) is 4.98 Å². The van der Waals surface area contributed by atoms with Gasteiger partial charge in [-0.2, -0.15) is 0 Å². The number of aromatic nitrogens is 1. The van der Waals surface area contributed by atoms with Crippen molar-refractivity contribution in [1.82, 2.24) is 9.88 Å². The summed E-state index contributed by atoms with van der Waals surface area (Å²) in [7, 11) is 0. The summed E-state index contributed by atoms with van der Waals surface area (Å²) in [5.41, 5.74) is 1.93. The lowest BCUT2D eigenvalue weighted by Gasteiger charge is -2.27. The molecule has 0 unspecified atom stereocenters. The second kappa shape index (κ2) is 4.96. The molecule has 0 spiro atoms. The van der Waals surface area contributed by atoms with Crippen LogP contribution >= 0.6 is 0 Å². The Morgan fingerprint density at radius 1 is 1.22 bits per heavy atom.